The first kappa shape index (κ1) is 10.2. The molecule has 1 rings (SSSR count). The predicted octanol–water partition coefficient (Wildman–Crippen LogP) is 1.19. The zero-order valence-electron chi connectivity index (χ0n) is 7.17. The van der Waals surface area contributed by atoms with E-state index in [4.69, 9.17) is 5.26 Å². The number of hydrogen-bond donors (Lipinski definition) is 1. The van der Waals surface area contributed by atoms with Crippen molar-refractivity contribution in [2.24, 2.45) is 0 Å². The van der Waals surface area contributed by atoms with Crippen LogP contribution in [-0.2, 0) is 0 Å². The molecule has 0 aliphatic rings. The van der Waals surface area contributed by atoms with Gasteiger partial charge >= 0.3 is 0 Å². The van der Waals surface area contributed by atoms with Crippen LogP contribution in [0.1, 0.15) is 17.7 Å². The van der Waals surface area contributed by atoms with Crippen LogP contribution in [0, 0.1) is 11.3 Å². The summed E-state index contributed by atoms with van der Waals surface area (Å²) < 4.78 is 29.1. The summed E-state index contributed by atoms with van der Waals surface area (Å²) in [6.07, 6.45) is -2.89. The SMILES string of the molecule is COc1cc(C#N)c(C(F)F)[nH]c1=O. The maximum atomic E-state index is 12.3. The van der Waals surface area contributed by atoms with E-state index in [9.17, 15) is 13.6 Å². The van der Waals surface area contributed by atoms with Crippen LogP contribution in [0.5, 0.6) is 5.75 Å². The van der Waals surface area contributed by atoms with Crippen molar-refractivity contribution in [3.8, 4) is 11.8 Å². The molecule has 0 saturated carbocycles. The molecule has 0 aliphatic carbocycles. The molecule has 0 spiro atoms. The fourth-order valence-corrected chi connectivity index (χ4v) is 0.942. The normalized spacial score (nSPS) is 9.93. The van der Waals surface area contributed by atoms with Crippen LogP contribution in [0.3, 0.4) is 0 Å². The second-order valence-electron chi connectivity index (χ2n) is 2.41. The first-order valence-electron chi connectivity index (χ1n) is 3.59. The fraction of sp³-hybridized carbons (Fsp3) is 0.250. The molecule has 0 radical (unpaired) electrons. The second kappa shape index (κ2) is 3.87. The molecule has 1 N–H and O–H groups in total. The van der Waals surface area contributed by atoms with Gasteiger partial charge in [-0.25, -0.2) is 8.78 Å². The number of hydrogen-bond acceptors (Lipinski definition) is 3. The van der Waals surface area contributed by atoms with Gasteiger partial charge in [-0.3, -0.25) is 4.79 Å². The van der Waals surface area contributed by atoms with E-state index in [1.54, 1.807) is 6.07 Å². The Balaban J connectivity index is 3.41. The van der Waals surface area contributed by atoms with Gasteiger partial charge in [0.05, 0.1) is 12.7 Å². The van der Waals surface area contributed by atoms with Gasteiger partial charge in [-0.1, -0.05) is 0 Å². The number of nitrogens with zero attached hydrogens (tertiary/aromatic N) is 1. The Morgan fingerprint density at radius 3 is 2.71 bits per heavy atom. The number of nitrogens with one attached hydrogen (secondary N) is 1. The van der Waals surface area contributed by atoms with E-state index < -0.39 is 17.7 Å². The summed E-state index contributed by atoms with van der Waals surface area (Å²) in [4.78, 5) is 12.9. The second-order valence-corrected chi connectivity index (χ2v) is 2.41. The molecular weight excluding hydrogens is 194 g/mol. The number of alkyl halides is 2. The van der Waals surface area contributed by atoms with Crippen LogP contribution in [0.25, 0.3) is 0 Å². The van der Waals surface area contributed by atoms with Crippen molar-refractivity contribution < 1.29 is 13.5 Å². The number of rotatable bonds is 2. The average molecular weight is 200 g/mol. The molecule has 0 aliphatic heterocycles. The van der Waals surface area contributed by atoms with Crippen molar-refractivity contribution in [2.75, 3.05) is 7.11 Å². The zero-order valence-corrected chi connectivity index (χ0v) is 7.17. The summed E-state index contributed by atoms with van der Waals surface area (Å²) in [6.45, 7) is 0. The quantitative estimate of drug-likeness (QED) is 0.779. The Bertz CT molecular complexity index is 434. The Morgan fingerprint density at radius 1 is 1.64 bits per heavy atom. The first-order chi connectivity index (χ1) is 6.60. The van der Waals surface area contributed by atoms with E-state index in [1.165, 1.54) is 7.11 Å². The van der Waals surface area contributed by atoms with Crippen LogP contribution in [0.4, 0.5) is 8.78 Å². The van der Waals surface area contributed by atoms with Crippen LogP contribution >= 0.6 is 0 Å². The van der Waals surface area contributed by atoms with Crippen molar-refractivity contribution in [2.45, 2.75) is 6.43 Å². The predicted molar refractivity (Wildman–Crippen MR) is 43.3 cm³/mol. The first-order valence-corrected chi connectivity index (χ1v) is 3.59. The number of H-pyrrole nitrogens is 1. The summed E-state index contributed by atoms with van der Waals surface area (Å²) in [7, 11) is 1.22. The van der Waals surface area contributed by atoms with Gasteiger partial charge in [0.15, 0.2) is 5.75 Å². The standard InChI is InChI=1S/C8H6F2N2O2/c1-14-5-2-4(3-11)6(7(9)10)12-8(5)13/h2,7H,1H3,(H,12,13). The topological polar surface area (TPSA) is 65.9 Å². The van der Waals surface area contributed by atoms with Crippen LogP contribution < -0.4 is 10.3 Å². The Morgan fingerprint density at radius 2 is 2.29 bits per heavy atom. The molecule has 0 bridgehead atoms. The Kier molecular flexibility index (Phi) is 2.82. The molecule has 14 heavy (non-hydrogen) atoms. The summed E-state index contributed by atoms with van der Waals surface area (Å²) >= 11 is 0. The van der Waals surface area contributed by atoms with E-state index in [0.29, 0.717) is 0 Å². The lowest BCUT2D eigenvalue weighted by Crippen LogP contribution is -2.13. The van der Waals surface area contributed by atoms with Gasteiger partial charge in [0.25, 0.3) is 12.0 Å². The van der Waals surface area contributed by atoms with Gasteiger partial charge in [-0.15, -0.1) is 0 Å². The number of ether oxygens (including phenoxy) is 1. The summed E-state index contributed by atoms with van der Waals surface area (Å²) in [5.41, 5.74) is -1.75. The highest BCUT2D eigenvalue weighted by Crippen LogP contribution is 2.20. The summed E-state index contributed by atoms with van der Waals surface area (Å²) in [5.74, 6) is -0.161. The maximum Gasteiger partial charge on any atom is 0.290 e. The van der Waals surface area contributed by atoms with E-state index >= 15 is 0 Å². The molecule has 4 nitrogen and oxygen atoms in total. The third kappa shape index (κ3) is 1.71. The van der Waals surface area contributed by atoms with Crippen molar-refractivity contribution in [3.63, 3.8) is 0 Å². The van der Waals surface area contributed by atoms with Gasteiger partial charge in [0, 0.05) is 6.07 Å². The highest BCUT2D eigenvalue weighted by molar-refractivity contribution is 5.38. The molecule has 0 fully saturated rings. The molecular formula is C8H6F2N2O2. The molecule has 0 unspecified atom stereocenters. The number of pyridine rings is 1. The molecule has 74 valence electrons. The lowest BCUT2D eigenvalue weighted by Gasteiger charge is -2.04. The largest absolute Gasteiger partial charge is 0.491 e. The van der Waals surface area contributed by atoms with Gasteiger partial charge in [0.1, 0.15) is 11.8 Å². The highest BCUT2D eigenvalue weighted by Gasteiger charge is 2.16. The minimum atomic E-state index is -2.89. The molecule has 0 atom stereocenters. The van der Waals surface area contributed by atoms with Crippen molar-refractivity contribution in [3.05, 3.63) is 27.7 Å². The van der Waals surface area contributed by atoms with Crippen molar-refractivity contribution in [1.82, 2.24) is 4.98 Å². The molecule has 0 saturated heterocycles. The van der Waals surface area contributed by atoms with E-state index in [-0.39, 0.29) is 11.3 Å². The fourth-order valence-electron chi connectivity index (χ4n) is 0.942. The van der Waals surface area contributed by atoms with E-state index in [1.807, 2.05) is 4.98 Å². The van der Waals surface area contributed by atoms with Gasteiger partial charge in [-0.05, 0) is 0 Å². The Labute approximate surface area is 77.7 Å². The monoisotopic (exact) mass is 200 g/mol. The van der Waals surface area contributed by atoms with E-state index in [2.05, 4.69) is 4.74 Å². The zero-order chi connectivity index (χ0) is 10.7. The van der Waals surface area contributed by atoms with Crippen LogP contribution in [0.2, 0.25) is 0 Å². The van der Waals surface area contributed by atoms with Gasteiger partial charge in [0.2, 0.25) is 0 Å². The number of aromatic amines is 1. The van der Waals surface area contributed by atoms with Crippen molar-refractivity contribution >= 4 is 0 Å². The number of methoxy groups -OCH3 is 1. The Hall–Kier alpha value is -1.90. The minimum Gasteiger partial charge on any atom is -0.491 e. The maximum absolute atomic E-state index is 12.3. The number of halogens is 2. The number of nitriles is 1. The van der Waals surface area contributed by atoms with E-state index in [0.717, 1.165) is 6.07 Å². The smallest absolute Gasteiger partial charge is 0.290 e. The molecule has 1 heterocycles. The molecule has 1 aromatic heterocycles. The average Bonchev–Trinajstić information content (AvgIpc) is 2.17. The lowest BCUT2D eigenvalue weighted by atomic mass is 10.2. The van der Waals surface area contributed by atoms with Crippen LogP contribution in [-0.4, -0.2) is 12.1 Å². The van der Waals surface area contributed by atoms with Crippen molar-refractivity contribution in [1.29, 1.82) is 5.26 Å². The molecule has 0 aromatic carbocycles. The minimum absolute atomic E-state index is 0.161. The van der Waals surface area contributed by atoms with Gasteiger partial charge in [-0.2, -0.15) is 5.26 Å². The third-order valence-corrected chi connectivity index (χ3v) is 1.60. The summed E-state index contributed by atoms with van der Waals surface area (Å²) in [5, 5.41) is 8.52. The van der Waals surface area contributed by atoms with Crippen LogP contribution in [0.15, 0.2) is 10.9 Å². The summed E-state index contributed by atoms with van der Waals surface area (Å²) in [6, 6.07) is 2.54. The lowest BCUT2D eigenvalue weighted by molar-refractivity contribution is 0.145. The third-order valence-electron chi connectivity index (χ3n) is 1.60. The highest BCUT2D eigenvalue weighted by atomic mass is 19.3. The number of aromatic nitrogens is 1. The molecule has 1 aromatic rings. The molecule has 0 amide bonds. The molecule has 6 heteroatoms. The van der Waals surface area contributed by atoms with Gasteiger partial charge < -0.3 is 9.72 Å².